The molecular formula is C28H30N2O5. The SMILES string of the molecule is O=C(NC1CC(C(=O)NC2C3CCC(C3)C2C(=O)O)C1)OCC1c2ccccc2-c2ccccc21. The van der Waals surface area contributed by atoms with Crippen molar-refractivity contribution < 1.29 is 24.2 Å². The van der Waals surface area contributed by atoms with Crippen LogP contribution in [0, 0.1) is 23.7 Å². The third-order valence-corrected chi connectivity index (χ3v) is 8.68. The Balaban J connectivity index is 0.991. The molecule has 4 aliphatic rings. The molecule has 3 fully saturated rings. The van der Waals surface area contributed by atoms with Gasteiger partial charge in [0.1, 0.15) is 6.61 Å². The minimum atomic E-state index is -0.800. The minimum absolute atomic E-state index is 0.0111. The topological polar surface area (TPSA) is 105 Å². The third-order valence-electron chi connectivity index (χ3n) is 8.68. The lowest BCUT2D eigenvalue weighted by Gasteiger charge is -2.37. The summed E-state index contributed by atoms with van der Waals surface area (Å²) in [5, 5.41) is 15.5. The fourth-order valence-corrected chi connectivity index (χ4v) is 6.89. The van der Waals surface area contributed by atoms with Crippen molar-refractivity contribution in [2.45, 2.75) is 50.1 Å². The zero-order valence-electron chi connectivity index (χ0n) is 19.5. The van der Waals surface area contributed by atoms with E-state index in [1.54, 1.807) is 0 Å². The number of hydrogen-bond donors (Lipinski definition) is 3. The Morgan fingerprint density at radius 1 is 0.857 bits per heavy atom. The van der Waals surface area contributed by atoms with E-state index in [-0.39, 0.29) is 48.3 Å². The Labute approximate surface area is 204 Å². The van der Waals surface area contributed by atoms with Gasteiger partial charge in [0, 0.05) is 23.9 Å². The van der Waals surface area contributed by atoms with Gasteiger partial charge in [-0.2, -0.15) is 0 Å². The Morgan fingerprint density at radius 2 is 1.49 bits per heavy atom. The lowest BCUT2D eigenvalue weighted by atomic mass is 9.78. The summed E-state index contributed by atoms with van der Waals surface area (Å²) in [7, 11) is 0. The van der Waals surface area contributed by atoms with Gasteiger partial charge in [0.05, 0.1) is 5.92 Å². The predicted molar refractivity (Wildman–Crippen MR) is 129 cm³/mol. The molecule has 0 aliphatic heterocycles. The number of alkyl carbamates (subject to hydrolysis) is 1. The van der Waals surface area contributed by atoms with Gasteiger partial charge in [-0.15, -0.1) is 0 Å². The lowest BCUT2D eigenvalue weighted by molar-refractivity contribution is -0.145. The smallest absolute Gasteiger partial charge is 0.407 e. The standard InChI is InChI=1S/C28H30N2O5/c31-26(30-25-16-10-9-15(11-16)24(25)27(32)33)17-12-18(13-17)29-28(34)35-14-23-21-7-3-1-5-19(21)20-6-2-4-8-22(20)23/h1-8,15-18,23-25H,9-14H2,(H,29,34)(H,30,31)(H,32,33). The number of ether oxygens (including phenoxy) is 1. The maximum Gasteiger partial charge on any atom is 0.407 e. The molecule has 0 spiro atoms. The molecule has 35 heavy (non-hydrogen) atoms. The van der Waals surface area contributed by atoms with E-state index in [1.807, 2.05) is 24.3 Å². The number of aliphatic carboxylic acids is 1. The van der Waals surface area contributed by atoms with Crippen LogP contribution >= 0.6 is 0 Å². The number of rotatable bonds is 6. The molecule has 4 atom stereocenters. The zero-order chi connectivity index (χ0) is 24.1. The van der Waals surface area contributed by atoms with Crippen LogP contribution in [0.1, 0.15) is 49.1 Å². The van der Waals surface area contributed by atoms with E-state index in [0.29, 0.717) is 12.8 Å². The first-order valence-corrected chi connectivity index (χ1v) is 12.6. The average molecular weight is 475 g/mol. The monoisotopic (exact) mass is 474 g/mol. The second kappa shape index (κ2) is 8.70. The van der Waals surface area contributed by atoms with Crippen LogP contribution in [-0.2, 0) is 14.3 Å². The van der Waals surface area contributed by atoms with Crippen molar-refractivity contribution in [2.24, 2.45) is 23.7 Å². The van der Waals surface area contributed by atoms with Gasteiger partial charge in [0.15, 0.2) is 0 Å². The number of benzene rings is 2. The molecule has 2 aromatic carbocycles. The molecule has 2 aromatic rings. The van der Waals surface area contributed by atoms with Gasteiger partial charge >= 0.3 is 12.1 Å². The van der Waals surface area contributed by atoms with Gasteiger partial charge in [0.2, 0.25) is 5.91 Å². The van der Waals surface area contributed by atoms with Crippen LogP contribution in [0.4, 0.5) is 4.79 Å². The highest BCUT2D eigenvalue weighted by Crippen LogP contribution is 2.49. The summed E-state index contributed by atoms with van der Waals surface area (Å²) < 4.78 is 5.61. The van der Waals surface area contributed by atoms with Crippen LogP contribution < -0.4 is 10.6 Å². The highest BCUT2D eigenvalue weighted by Gasteiger charge is 2.52. The molecular weight excluding hydrogens is 444 g/mol. The number of carboxylic acid groups (broad SMARTS) is 1. The van der Waals surface area contributed by atoms with Crippen LogP contribution in [0.2, 0.25) is 0 Å². The average Bonchev–Trinajstić information content (AvgIpc) is 3.51. The van der Waals surface area contributed by atoms with Crippen molar-refractivity contribution in [3.05, 3.63) is 59.7 Å². The molecule has 7 nitrogen and oxygen atoms in total. The van der Waals surface area contributed by atoms with E-state index in [9.17, 15) is 19.5 Å². The Hall–Kier alpha value is -3.35. The van der Waals surface area contributed by atoms with Gasteiger partial charge < -0.3 is 20.5 Å². The number of nitrogens with one attached hydrogen (secondary N) is 2. The lowest BCUT2D eigenvalue weighted by Crippen LogP contribution is -2.54. The van der Waals surface area contributed by atoms with Crippen molar-refractivity contribution in [1.29, 1.82) is 0 Å². The van der Waals surface area contributed by atoms with E-state index < -0.39 is 18.0 Å². The second-order valence-electron chi connectivity index (χ2n) is 10.6. The number of fused-ring (bicyclic) bond motifs is 5. The maximum atomic E-state index is 12.7. The van der Waals surface area contributed by atoms with E-state index in [2.05, 4.69) is 34.9 Å². The number of hydrogen-bond acceptors (Lipinski definition) is 4. The molecule has 7 heteroatoms. The Kier molecular flexibility index (Phi) is 5.50. The normalized spacial score (nSPS) is 30.2. The fraction of sp³-hybridized carbons (Fsp3) is 0.464. The number of carbonyl (C=O) groups is 3. The van der Waals surface area contributed by atoms with E-state index >= 15 is 0 Å². The van der Waals surface area contributed by atoms with Crippen LogP contribution in [-0.4, -0.2) is 41.8 Å². The van der Waals surface area contributed by atoms with Crippen molar-refractivity contribution in [1.82, 2.24) is 10.6 Å². The Bertz CT molecular complexity index is 1130. The molecule has 3 N–H and O–H groups in total. The summed E-state index contributed by atoms with van der Waals surface area (Å²) in [6, 6.07) is 16.1. The van der Waals surface area contributed by atoms with Crippen molar-refractivity contribution in [3.8, 4) is 11.1 Å². The number of amides is 2. The highest BCUT2D eigenvalue weighted by molar-refractivity contribution is 5.82. The molecule has 2 bridgehead atoms. The molecule has 3 saturated carbocycles. The zero-order valence-corrected chi connectivity index (χ0v) is 19.5. The molecule has 4 unspecified atom stereocenters. The predicted octanol–water partition coefficient (Wildman–Crippen LogP) is 3.92. The minimum Gasteiger partial charge on any atom is -0.481 e. The van der Waals surface area contributed by atoms with Crippen LogP contribution in [0.5, 0.6) is 0 Å². The second-order valence-corrected chi connectivity index (χ2v) is 10.6. The van der Waals surface area contributed by atoms with Crippen LogP contribution in [0.15, 0.2) is 48.5 Å². The van der Waals surface area contributed by atoms with Gasteiger partial charge in [-0.3, -0.25) is 9.59 Å². The van der Waals surface area contributed by atoms with E-state index in [0.717, 1.165) is 19.3 Å². The first-order chi connectivity index (χ1) is 17.0. The van der Waals surface area contributed by atoms with E-state index in [1.165, 1.54) is 22.3 Å². The summed E-state index contributed by atoms with van der Waals surface area (Å²) in [4.78, 5) is 36.9. The molecule has 4 aliphatic carbocycles. The third kappa shape index (κ3) is 3.87. The quantitative estimate of drug-likeness (QED) is 0.589. The summed E-state index contributed by atoms with van der Waals surface area (Å²) in [6.07, 6.45) is 3.48. The van der Waals surface area contributed by atoms with Crippen LogP contribution in [0.3, 0.4) is 0 Å². The van der Waals surface area contributed by atoms with E-state index in [4.69, 9.17) is 4.74 Å². The summed E-state index contributed by atoms with van der Waals surface area (Å²) in [5.74, 6) is -1.07. The summed E-state index contributed by atoms with van der Waals surface area (Å²) >= 11 is 0. The highest BCUT2D eigenvalue weighted by atomic mass is 16.5. The first-order valence-electron chi connectivity index (χ1n) is 12.6. The molecule has 2 amide bonds. The summed E-state index contributed by atoms with van der Waals surface area (Å²) in [6.45, 7) is 0.261. The maximum absolute atomic E-state index is 12.7. The first kappa shape index (κ1) is 22.1. The largest absolute Gasteiger partial charge is 0.481 e. The van der Waals surface area contributed by atoms with Gasteiger partial charge in [-0.25, -0.2) is 4.79 Å². The van der Waals surface area contributed by atoms with Gasteiger partial charge in [-0.05, 0) is 66.2 Å². The van der Waals surface area contributed by atoms with Gasteiger partial charge in [-0.1, -0.05) is 48.5 Å². The molecule has 6 rings (SSSR count). The van der Waals surface area contributed by atoms with Crippen molar-refractivity contribution in [2.75, 3.05) is 6.61 Å². The van der Waals surface area contributed by atoms with Crippen molar-refractivity contribution in [3.63, 3.8) is 0 Å². The van der Waals surface area contributed by atoms with Crippen molar-refractivity contribution >= 4 is 18.0 Å². The summed E-state index contributed by atoms with van der Waals surface area (Å²) in [5.41, 5.74) is 4.71. The van der Waals surface area contributed by atoms with Gasteiger partial charge in [0.25, 0.3) is 0 Å². The van der Waals surface area contributed by atoms with Crippen LogP contribution in [0.25, 0.3) is 11.1 Å². The molecule has 0 heterocycles. The fourth-order valence-electron chi connectivity index (χ4n) is 6.89. The Morgan fingerprint density at radius 3 is 2.14 bits per heavy atom. The number of carbonyl (C=O) groups excluding carboxylic acids is 2. The number of carboxylic acids is 1. The molecule has 0 radical (unpaired) electrons. The molecule has 182 valence electrons. The molecule has 0 saturated heterocycles. The molecule has 0 aromatic heterocycles.